The lowest BCUT2D eigenvalue weighted by molar-refractivity contribution is -0.154. The number of morpholine rings is 1. The summed E-state index contributed by atoms with van der Waals surface area (Å²) in [6, 6.07) is 10.4. The molecule has 1 aliphatic heterocycles. The van der Waals surface area contributed by atoms with E-state index in [0.29, 0.717) is 19.6 Å². The van der Waals surface area contributed by atoms with Crippen molar-refractivity contribution in [1.29, 1.82) is 0 Å². The van der Waals surface area contributed by atoms with Crippen LogP contribution in [0.1, 0.15) is 45.6 Å². The molecule has 1 aromatic carbocycles. The summed E-state index contributed by atoms with van der Waals surface area (Å²) in [7, 11) is 0. The molecule has 0 saturated carbocycles. The van der Waals surface area contributed by atoms with Crippen LogP contribution in [0.15, 0.2) is 30.3 Å². The first kappa shape index (κ1) is 16.0. The minimum absolute atomic E-state index is 0.103. The van der Waals surface area contributed by atoms with Crippen molar-refractivity contribution < 1.29 is 9.53 Å². The standard InChI is InChI=1S/C18H27NO2/c1-4-5-11-17(20)19-13-16(21-14-18(19,2)3)12-15-9-7-6-8-10-15/h6-10,16H,4-5,11-14H2,1-3H3. The quantitative estimate of drug-likeness (QED) is 0.831. The van der Waals surface area contributed by atoms with E-state index in [1.165, 1.54) is 5.56 Å². The molecular weight excluding hydrogens is 262 g/mol. The van der Waals surface area contributed by atoms with Gasteiger partial charge in [-0.15, -0.1) is 0 Å². The second-order valence-electron chi connectivity index (χ2n) is 6.54. The van der Waals surface area contributed by atoms with E-state index in [1.54, 1.807) is 0 Å². The highest BCUT2D eigenvalue weighted by molar-refractivity contribution is 5.77. The van der Waals surface area contributed by atoms with Crippen LogP contribution in [0, 0.1) is 0 Å². The number of carbonyl (C=O) groups excluding carboxylic acids is 1. The van der Waals surface area contributed by atoms with Crippen molar-refractivity contribution in [3.05, 3.63) is 35.9 Å². The van der Waals surface area contributed by atoms with Crippen molar-refractivity contribution in [2.45, 2.75) is 58.1 Å². The van der Waals surface area contributed by atoms with Gasteiger partial charge in [-0.05, 0) is 25.8 Å². The van der Waals surface area contributed by atoms with Gasteiger partial charge in [0.1, 0.15) is 0 Å². The molecule has 1 heterocycles. The Morgan fingerprint density at radius 2 is 2.05 bits per heavy atom. The maximum absolute atomic E-state index is 12.4. The first-order valence-corrected chi connectivity index (χ1v) is 7.99. The third kappa shape index (κ3) is 4.31. The highest BCUT2D eigenvalue weighted by atomic mass is 16.5. The van der Waals surface area contributed by atoms with Crippen LogP contribution in [0.3, 0.4) is 0 Å². The van der Waals surface area contributed by atoms with Crippen molar-refractivity contribution in [1.82, 2.24) is 4.90 Å². The summed E-state index contributed by atoms with van der Waals surface area (Å²) in [5, 5.41) is 0. The van der Waals surface area contributed by atoms with Crippen LogP contribution in [0.5, 0.6) is 0 Å². The number of rotatable bonds is 5. The van der Waals surface area contributed by atoms with Gasteiger partial charge >= 0.3 is 0 Å². The van der Waals surface area contributed by atoms with Gasteiger partial charge in [0.05, 0.1) is 18.2 Å². The van der Waals surface area contributed by atoms with Gasteiger partial charge in [0.2, 0.25) is 5.91 Å². The SMILES string of the molecule is CCCCC(=O)N1CC(Cc2ccccc2)OCC1(C)C. The fraction of sp³-hybridized carbons (Fsp3) is 0.611. The molecule has 1 fully saturated rings. The molecule has 1 aliphatic rings. The molecule has 1 saturated heterocycles. The van der Waals surface area contributed by atoms with E-state index in [-0.39, 0.29) is 17.6 Å². The Balaban J connectivity index is 2.00. The van der Waals surface area contributed by atoms with E-state index in [1.807, 2.05) is 23.1 Å². The third-order valence-corrected chi connectivity index (χ3v) is 4.14. The van der Waals surface area contributed by atoms with Crippen molar-refractivity contribution in [3.63, 3.8) is 0 Å². The Labute approximate surface area is 128 Å². The number of unbranched alkanes of at least 4 members (excludes halogenated alkanes) is 1. The Morgan fingerprint density at radius 1 is 1.33 bits per heavy atom. The molecule has 0 radical (unpaired) electrons. The monoisotopic (exact) mass is 289 g/mol. The molecule has 3 nitrogen and oxygen atoms in total. The number of benzene rings is 1. The second-order valence-corrected chi connectivity index (χ2v) is 6.54. The molecule has 0 bridgehead atoms. The fourth-order valence-corrected chi connectivity index (χ4v) is 2.81. The zero-order valence-electron chi connectivity index (χ0n) is 13.5. The number of hydrogen-bond acceptors (Lipinski definition) is 2. The van der Waals surface area contributed by atoms with Gasteiger partial charge < -0.3 is 9.64 Å². The lowest BCUT2D eigenvalue weighted by atomic mass is 9.97. The van der Waals surface area contributed by atoms with Crippen LogP contribution in [-0.4, -0.2) is 35.6 Å². The molecular formula is C18H27NO2. The smallest absolute Gasteiger partial charge is 0.223 e. The lowest BCUT2D eigenvalue weighted by Gasteiger charge is -2.45. The van der Waals surface area contributed by atoms with E-state index < -0.39 is 0 Å². The van der Waals surface area contributed by atoms with Crippen LogP contribution in [0.2, 0.25) is 0 Å². The zero-order valence-corrected chi connectivity index (χ0v) is 13.5. The third-order valence-electron chi connectivity index (χ3n) is 4.14. The zero-order chi connectivity index (χ0) is 15.3. The predicted molar refractivity (Wildman–Crippen MR) is 85.2 cm³/mol. The van der Waals surface area contributed by atoms with Crippen molar-refractivity contribution >= 4 is 5.91 Å². The molecule has 1 amide bonds. The van der Waals surface area contributed by atoms with Gasteiger partial charge in [0.15, 0.2) is 0 Å². The van der Waals surface area contributed by atoms with Gasteiger partial charge in [-0.1, -0.05) is 43.7 Å². The Bertz CT molecular complexity index is 456. The predicted octanol–water partition coefficient (Wildman–Crippen LogP) is 3.43. The van der Waals surface area contributed by atoms with Gasteiger partial charge in [0.25, 0.3) is 0 Å². The number of carbonyl (C=O) groups is 1. The Morgan fingerprint density at radius 3 is 2.71 bits per heavy atom. The Kier molecular flexibility index (Phi) is 5.40. The average Bonchev–Trinajstić information content (AvgIpc) is 2.47. The van der Waals surface area contributed by atoms with E-state index in [0.717, 1.165) is 19.3 Å². The topological polar surface area (TPSA) is 29.5 Å². The first-order valence-electron chi connectivity index (χ1n) is 7.99. The first-order chi connectivity index (χ1) is 10.0. The van der Waals surface area contributed by atoms with Crippen LogP contribution in [0.4, 0.5) is 0 Å². The second kappa shape index (κ2) is 7.08. The highest BCUT2D eigenvalue weighted by Gasteiger charge is 2.37. The summed E-state index contributed by atoms with van der Waals surface area (Å²) in [5.41, 5.74) is 1.07. The van der Waals surface area contributed by atoms with Gasteiger partial charge in [-0.25, -0.2) is 0 Å². The fourth-order valence-electron chi connectivity index (χ4n) is 2.81. The van der Waals surface area contributed by atoms with E-state index in [4.69, 9.17) is 4.74 Å². The maximum Gasteiger partial charge on any atom is 0.223 e. The van der Waals surface area contributed by atoms with E-state index in [2.05, 4.69) is 32.9 Å². The largest absolute Gasteiger partial charge is 0.374 e. The van der Waals surface area contributed by atoms with Crippen molar-refractivity contribution in [3.8, 4) is 0 Å². The molecule has 2 rings (SSSR count). The van der Waals surface area contributed by atoms with E-state index in [9.17, 15) is 4.79 Å². The summed E-state index contributed by atoms with van der Waals surface area (Å²) in [6.45, 7) is 7.62. The molecule has 116 valence electrons. The molecule has 0 aromatic heterocycles. The summed E-state index contributed by atoms with van der Waals surface area (Å²) in [6.07, 6.45) is 3.65. The molecule has 21 heavy (non-hydrogen) atoms. The molecule has 0 aliphatic carbocycles. The van der Waals surface area contributed by atoms with Crippen LogP contribution < -0.4 is 0 Å². The Hall–Kier alpha value is -1.35. The van der Waals surface area contributed by atoms with Gasteiger partial charge in [-0.3, -0.25) is 4.79 Å². The highest BCUT2D eigenvalue weighted by Crippen LogP contribution is 2.25. The molecule has 3 heteroatoms. The van der Waals surface area contributed by atoms with E-state index >= 15 is 0 Å². The van der Waals surface area contributed by atoms with Crippen LogP contribution >= 0.6 is 0 Å². The number of nitrogens with zero attached hydrogens (tertiary/aromatic N) is 1. The normalized spacial score (nSPS) is 21.3. The summed E-state index contributed by atoms with van der Waals surface area (Å²) in [4.78, 5) is 14.5. The lowest BCUT2D eigenvalue weighted by Crippen LogP contribution is -2.58. The molecule has 1 aromatic rings. The number of amides is 1. The van der Waals surface area contributed by atoms with Crippen LogP contribution in [-0.2, 0) is 16.0 Å². The van der Waals surface area contributed by atoms with Crippen LogP contribution in [0.25, 0.3) is 0 Å². The minimum atomic E-state index is -0.196. The molecule has 0 spiro atoms. The summed E-state index contributed by atoms with van der Waals surface area (Å²) < 4.78 is 5.99. The molecule has 1 unspecified atom stereocenters. The van der Waals surface area contributed by atoms with Crippen molar-refractivity contribution in [2.75, 3.05) is 13.2 Å². The molecule has 1 atom stereocenters. The molecule has 0 N–H and O–H groups in total. The summed E-state index contributed by atoms with van der Waals surface area (Å²) in [5.74, 6) is 0.267. The maximum atomic E-state index is 12.4. The minimum Gasteiger partial charge on any atom is -0.374 e. The average molecular weight is 289 g/mol. The van der Waals surface area contributed by atoms with Gasteiger partial charge in [0, 0.05) is 19.4 Å². The van der Waals surface area contributed by atoms with Crippen molar-refractivity contribution in [2.24, 2.45) is 0 Å². The summed E-state index contributed by atoms with van der Waals surface area (Å²) >= 11 is 0. The van der Waals surface area contributed by atoms with Gasteiger partial charge in [-0.2, -0.15) is 0 Å². The number of hydrogen-bond donors (Lipinski definition) is 0. The number of ether oxygens (including phenoxy) is 1.